The first kappa shape index (κ1) is 27.5. The molecule has 1 fully saturated rings. The van der Waals surface area contributed by atoms with Crippen molar-refractivity contribution < 1.29 is 47.7 Å². The molecule has 0 aromatic carbocycles. The molecule has 0 saturated carbocycles. The number of nitrogens with zero attached hydrogens (tertiary/aromatic N) is 3. The zero-order valence-corrected chi connectivity index (χ0v) is 20.7. The molecular weight excluding hydrogens is 492 g/mol. The second-order valence-electron chi connectivity index (χ2n) is 8.29. The van der Waals surface area contributed by atoms with Gasteiger partial charge in [-0.15, -0.1) is 5.10 Å². The lowest BCUT2D eigenvalue weighted by Crippen LogP contribution is -2.60. The predicted octanol–water partition coefficient (Wildman–Crippen LogP) is 0.0362. The number of hydrogen-bond donors (Lipinski definition) is 1. The van der Waals surface area contributed by atoms with Crippen LogP contribution in [0.1, 0.15) is 46.0 Å². The van der Waals surface area contributed by atoms with E-state index in [4.69, 9.17) is 23.7 Å². The summed E-state index contributed by atoms with van der Waals surface area (Å²) in [6.07, 6.45) is 1.05. The first-order valence-electron chi connectivity index (χ1n) is 11.4. The Morgan fingerprint density at radius 3 is 2.22 bits per heavy atom. The van der Waals surface area contributed by atoms with Gasteiger partial charge in [0, 0.05) is 33.3 Å². The molecule has 2 aliphatic rings. The van der Waals surface area contributed by atoms with Crippen LogP contribution in [0.3, 0.4) is 0 Å². The number of ether oxygens (including phenoxy) is 5. The van der Waals surface area contributed by atoms with Crippen molar-refractivity contribution in [1.82, 2.24) is 20.3 Å². The summed E-state index contributed by atoms with van der Waals surface area (Å²) in [5, 5.41) is 10.8. The number of nitrogens with one attached hydrogen (secondary N) is 1. The topological polar surface area (TPSA) is 174 Å². The number of amides is 1. The Bertz CT molecular complexity index is 1110. The van der Waals surface area contributed by atoms with Gasteiger partial charge in [0.2, 0.25) is 5.91 Å². The number of carbonyl (C=O) groups is 5. The zero-order chi connectivity index (χ0) is 27.1. The molecule has 2 heterocycles. The molecule has 1 aromatic rings. The average Bonchev–Trinajstić information content (AvgIpc) is 3.50. The number of esters is 4. The number of aromatic nitrogens is 3. The summed E-state index contributed by atoms with van der Waals surface area (Å²) in [4.78, 5) is 59.4. The van der Waals surface area contributed by atoms with Crippen LogP contribution in [0.15, 0.2) is 30.0 Å². The molecule has 1 amide bonds. The smallest absolute Gasteiger partial charge is 0.303 e. The minimum Gasteiger partial charge on any atom is -0.463 e. The van der Waals surface area contributed by atoms with E-state index in [1.807, 2.05) is 6.08 Å². The monoisotopic (exact) mass is 520 g/mol. The normalized spacial score (nSPS) is 24.5. The van der Waals surface area contributed by atoms with Crippen molar-refractivity contribution >= 4 is 29.8 Å². The second kappa shape index (κ2) is 12.3. The Kier molecular flexibility index (Phi) is 9.11. The molecule has 200 valence electrons. The third kappa shape index (κ3) is 7.46. The van der Waals surface area contributed by atoms with E-state index in [9.17, 15) is 24.0 Å². The highest BCUT2D eigenvalue weighted by molar-refractivity contribution is 5.94. The number of carbonyl (C=O) groups excluding carboxylic acids is 5. The standard InChI is InChI=1S/C23H28N4O10/c1-12(28)33-11-18-19(34-13(2)29)20(35-14(3)30)21(36-15(4)31)23(37-18)27-10-17(25-26-27)9-24-22(32)16-7-5-6-8-16/h5-7,10,18-21,23H,8-9,11H2,1-4H3,(H,24,32)/t18-,19-,20+,21-,23-/m1/s1. The summed E-state index contributed by atoms with van der Waals surface area (Å²) in [5.74, 6) is -3.10. The van der Waals surface area contributed by atoms with E-state index in [-0.39, 0.29) is 19.1 Å². The van der Waals surface area contributed by atoms with Crippen molar-refractivity contribution in [3.05, 3.63) is 35.7 Å². The molecule has 0 bridgehead atoms. The lowest BCUT2D eigenvalue weighted by Gasteiger charge is -2.44. The van der Waals surface area contributed by atoms with Gasteiger partial charge >= 0.3 is 23.9 Å². The van der Waals surface area contributed by atoms with E-state index >= 15 is 0 Å². The fourth-order valence-electron chi connectivity index (χ4n) is 3.84. The van der Waals surface area contributed by atoms with Gasteiger partial charge in [-0.3, -0.25) is 24.0 Å². The van der Waals surface area contributed by atoms with Crippen LogP contribution < -0.4 is 5.32 Å². The third-order valence-electron chi connectivity index (χ3n) is 5.28. The zero-order valence-electron chi connectivity index (χ0n) is 20.7. The summed E-state index contributed by atoms with van der Waals surface area (Å²) in [7, 11) is 0. The van der Waals surface area contributed by atoms with E-state index in [2.05, 4.69) is 15.6 Å². The van der Waals surface area contributed by atoms with E-state index in [0.29, 0.717) is 17.7 Å². The fraction of sp³-hybridized carbons (Fsp3) is 0.522. The Balaban J connectivity index is 1.89. The highest BCUT2D eigenvalue weighted by Crippen LogP contribution is 2.34. The predicted molar refractivity (Wildman–Crippen MR) is 121 cm³/mol. The van der Waals surface area contributed by atoms with Crippen molar-refractivity contribution in [1.29, 1.82) is 0 Å². The van der Waals surface area contributed by atoms with Gasteiger partial charge in [0.1, 0.15) is 18.4 Å². The quantitative estimate of drug-likeness (QED) is 0.342. The summed E-state index contributed by atoms with van der Waals surface area (Å²) in [6, 6.07) is 0. The Labute approximate surface area is 211 Å². The molecular formula is C23H28N4O10. The molecule has 1 aromatic heterocycles. The third-order valence-corrected chi connectivity index (χ3v) is 5.28. The van der Waals surface area contributed by atoms with Crippen LogP contribution in [-0.4, -0.2) is 75.8 Å². The fourth-order valence-corrected chi connectivity index (χ4v) is 3.84. The van der Waals surface area contributed by atoms with Gasteiger partial charge in [0.25, 0.3) is 0 Å². The first-order valence-corrected chi connectivity index (χ1v) is 11.4. The summed E-state index contributed by atoms with van der Waals surface area (Å²) < 4.78 is 28.5. The van der Waals surface area contributed by atoms with E-state index in [1.165, 1.54) is 17.8 Å². The van der Waals surface area contributed by atoms with Gasteiger partial charge in [-0.2, -0.15) is 0 Å². The SMILES string of the molecule is CC(=O)OC[C@H]1O[C@@H](n2cc(CNC(=O)C3=CC=CC3)nn2)[C@H](OC(C)=O)[C@@H](OC(C)=O)[C@@H]1OC(C)=O. The molecule has 1 aliphatic heterocycles. The minimum atomic E-state index is -1.33. The minimum absolute atomic E-state index is 0.0431. The van der Waals surface area contributed by atoms with E-state index < -0.39 is 54.5 Å². The number of hydrogen-bond acceptors (Lipinski definition) is 12. The molecule has 14 heteroatoms. The molecule has 0 spiro atoms. The second-order valence-corrected chi connectivity index (χ2v) is 8.29. The van der Waals surface area contributed by atoms with Gasteiger partial charge in [-0.1, -0.05) is 23.4 Å². The summed E-state index contributed by atoms with van der Waals surface area (Å²) >= 11 is 0. The molecule has 5 atom stereocenters. The van der Waals surface area contributed by atoms with Crippen molar-refractivity contribution in [2.75, 3.05) is 6.61 Å². The highest BCUT2D eigenvalue weighted by Gasteiger charge is 2.53. The maximum atomic E-state index is 12.3. The van der Waals surface area contributed by atoms with Crippen LogP contribution in [0.5, 0.6) is 0 Å². The highest BCUT2D eigenvalue weighted by atomic mass is 16.7. The average molecular weight is 520 g/mol. The number of allylic oxidation sites excluding steroid dienone is 3. The maximum Gasteiger partial charge on any atom is 0.303 e. The van der Waals surface area contributed by atoms with Crippen LogP contribution in [-0.2, 0) is 54.2 Å². The molecule has 0 unspecified atom stereocenters. The van der Waals surface area contributed by atoms with Crippen LogP contribution in [0, 0.1) is 0 Å². The van der Waals surface area contributed by atoms with Crippen molar-refractivity contribution in [3.63, 3.8) is 0 Å². The van der Waals surface area contributed by atoms with Gasteiger partial charge in [0.15, 0.2) is 24.5 Å². The molecule has 0 radical (unpaired) electrons. The van der Waals surface area contributed by atoms with Crippen LogP contribution in [0.4, 0.5) is 0 Å². The summed E-state index contributed by atoms with van der Waals surface area (Å²) in [5.41, 5.74) is 0.958. The van der Waals surface area contributed by atoms with Gasteiger partial charge in [0.05, 0.1) is 12.7 Å². The van der Waals surface area contributed by atoms with E-state index in [1.54, 1.807) is 12.2 Å². The number of rotatable bonds is 9. The van der Waals surface area contributed by atoms with Gasteiger partial charge < -0.3 is 29.0 Å². The van der Waals surface area contributed by atoms with Crippen LogP contribution >= 0.6 is 0 Å². The van der Waals surface area contributed by atoms with Crippen LogP contribution in [0.2, 0.25) is 0 Å². The molecule has 1 N–H and O–H groups in total. The van der Waals surface area contributed by atoms with Crippen LogP contribution in [0.25, 0.3) is 0 Å². The van der Waals surface area contributed by atoms with Gasteiger partial charge in [-0.05, 0) is 6.42 Å². The molecule has 3 rings (SSSR count). The molecule has 1 aliphatic carbocycles. The largest absolute Gasteiger partial charge is 0.463 e. The lowest BCUT2D eigenvalue weighted by atomic mass is 9.97. The van der Waals surface area contributed by atoms with Crippen molar-refractivity contribution in [2.45, 2.75) is 71.3 Å². The van der Waals surface area contributed by atoms with E-state index in [0.717, 1.165) is 20.8 Å². The first-order chi connectivity index (χ1) is 17.5. The van der Waals surface area contributed by atoms with Gasteiger partial charge in [-0.25, -0.2) is 4.68 Å². The van der Waals surface area contributed by atoms with Crippen molar-refractivity contribution in [3.8, 4) is 0 Å². The van der Waals surface area contributed by atoms with Crippen molar-refractivity contribution in [2.24, 2.45) is 0 Å². The Hall–Kier alpha value is -4.07. The molecule has 14 nitrogen and oxygen atoms in total. The molecule has 37 heavy (non-hydrogen) atoms. The maximum absolute atomic E-state index is 12.3. The Morgan fingerprint density at radius 2 is 1.62 bits per heavy atom. The Morgan fingerprint density at radius 1 is 0.973 bits per heavy atom. The summed E-state index contributed by atoms with van der Waals surface area (Å²) in [6.45, 7) is 4.27. The lowest BCUT2D eigenvalue weighted by molar-refractivity contribution is -0.270. The molecule has 1 saturated heterocycles.